The number of nitrogens with two attached hydrogens (primary N) is 1. The standard InChI is InChI=1S/C22H14N4O2/c23-12-13-2-1-3-16(10-13)20-17(14-4-6-15(7-5-14)21(24)28)11-18-19(27)8-9-25-22(18)26-20/h1-11H,(H2,24,28)(H,25,26,27). The van der Waals surface area contributed by atoms with Gasteiger partial charge in [-0.15, -0.1) is 0 Å². The molecule has 4 aromatic rings. The van der Waals surface area contributed by atoms with Crippen LogP contribution >= 0.6 is 0 Å². The van der Waals surface area contributed by atoms with Crippen LogP contribution < -0.4 is 11.2 Å². The van der Waals surface area contributed by atoms with Crippen LogP contribution in [0.15, 0.2) is 71.7 Å². The Morgan fingerprint density at radius 1 is 1.04 bits per heavy atom. The summed E-state index contributed by atoms with van der Waals surface area (Å²) in [6.45, 7) is 0. The SMILES string of the molecule is N#Cc1cccc(-c2nc3[nH]ccc(=O)c3cc2-c2ccc(C(N)=O)cc2)c1. The van der Waals surface area contributed by atoms with Crippen molar-refractivity contribution in [3.8, 4) is 28.5 Å². The highest BCUT2D eigenvalue weighted by molar-refractivity contribution is 5.94. The highest BCUT2D eigenvalue weighted by atomic mass is 16.1. The van der Waals surface area contributed by atoms with Crippen LogP contribution in [0, 0.1) is 11.3 Å². The van der Waals surface area contributed by atoms with Crippen molar-refractivity contribution in [2.75, 3.05) is 0 Å². The third kappa shape index (κ3) is 3.02. The summed E-state index contributed by atoms with van der Waals surface area (Å²) >= 11 is 0. The summed E-state index contributed by atoms with van der Waals surface area (Å²) < 4.78 is 0. The molecule has 0 aliphatic heterocycles. The Bertz CT molecular complexity index is 1320. The largest absolute Gasteiger partial charge is 0.366 e. The minimum Gasteiger partial charge on any atom is -0.366 e. The molecule has 0 saturated heterocycles. The van der Waals surface area contributed by atoms with Gasteiger partial charge in [-0.3, -0.25) is 9.59 Å². The average molecular weight is 366 g/mol. The minimum atomic E-state index is -0.512. The molecule has 134 valence electrons. The molecule has 0 fully saturated rings. The van der Waals surface area contributed by atoms with Gasteiger partial charge in [0.05, 0.1) is 22.7 Å². The van der Waals surface area contributed by atoms with Crippen LogP contribution in [0.5, 0.6) is 0 Å². The number of primary amides is 1. The van der Waals surface area contributed by atoms with Crippen molar-refractivity contribution in [1.82, 2.24) is 9.97 Å². The van der Waals surface area contributed by atoms with Gasteiger partial charge in [0.25, 0.3) is 0 Å². The molecule has 0 spiro atoms. The van der Waals surface area contributed by atoms with Crippen molar-refractivity contribution in [3.63, 3.8) is 0 Å². The molecule has 0 bridgehead atoms. The van der Waals surface area contributed by atoms with Crippen LogP contribution in [0.2, 0.25) is 0 Å². The first kappa shape index (κ1) is 17.2. The summed E-state index contributed by atoms with van der Waals surface area (Å²) in [6, 6.07) is 19.2. The molecule has 6 nitrogen and oxygen atoms in total. The Labute approximate surface area is 159 Å². The van der Waals surface area contributed by atoms with Crippen LogP contribution in [0.3, 0.4) is 0 Å². The summed E-state index contributed by atoms with van der Waals surface area (Å²) in [5, 5.41) is 9.68. The number of aromatic amines is 1. The number of benzene rings is 2. The third-order valence-corrected chi connectivity index (χ3v) is 4.49. The number of carbonyl (C=O) groups is 1. The lowest BCUT2D eigenvalue weighted by Crippen LogP contribution is -2.10. The number of nitriles is 1. The second-order valence-corrected chi connectivity index (χ2v) is 6.26. The Kier molecular flexibility index (Phi) is 4.18. The van der Waals surface area contributed by atoms with Crippen molar-refractivity contribution >= 4 is 16.9 Å². The van der Waals surface area contributed by atoms with E-state index in [0.29, 0.717) is 27.9 Å². The number of hydrogen-bond acceptors (Lipinski definition) is 4. The normalized spacial score (nSPS) is 10.5. The van der Waals surface area contributed by atoms with Gasteiger partial charge in [-0.2, -0.15) is 5.26 Å². The first-order valence-corrected chi connectivity index (χ1v) is 8.50. The molecular weight excluding hydrogens is 352 g/mol. The number of pyridine rings is 2. The summed E-state index contributed by atoms with van der Waals surface area (Å²) in [5.41, 5.74) is 9.41. The molecule has 1 amide bonds. The van der Waals surface area contributed by atoms with Crippen molar-refractivity contribution in [3.05, 3.63) is 88.2 Å². The van der Waals surface area contributed by atoms with E-state index in [0.717, 1.165) is 16.7 Å². The second kappa shape index (κ2) is 6.82. The van der Waals surface area contributed by atoms with Gasteiger partial charge in [0, 0.05) is 29.0 Å². The van der Waals surface area contributed by atoms with Crippen LogP contribution in [0.25, 0.3) is 33.4 Å². The fourth-order valence-corrected chi connectivity index (χ4v) is 3.09. The first-order valence-electron chi connectivity index (χ1n) is 8.50. The first-order chi connectivity index (χ1) is 13.6. The zero-order chi connectivity index (χ0) is 19.7. The lowest BCUT2D eigenvalue weighted by atomic mass is 9.96. The molecule has 0 radical (unpaired) electrons. The number of fused-ring (bicyclic) bond motifs is 1. The number of hydrogen-bond donors (Lipinski definition) is 2. The highest BCUT2D eigenvalue weighted by Gasteiger charge is 2.14. The van der Waals surface area contributed by atoms with Crippen LogP contribution in [-0.4, -0.2) is 15.9 Å². The molecule has 2 aromatic carbocycles. The fraction of sp³-hybridized carbons (Fsp3) is 0. The van der Waals surface area contributed by atoms with Gasteiger partial charge in [-0.05, 0) is 35.9 Å². The van der Waals surface area contributed by atoms with Gasteiger partial charge in [-0.1, -0.05) is 24.3 Å². The predicted molar refractivity (Wildman–Crippen MR) is 106 cm³/mol. The molecule has 6 heteroatoms. The van der Waals surface area contributed by atoms with Crippen molar-refractivity contribution in [2.45, 2.75) is 0 Å². The number of amides is 1. The summed E-state index contributed by atoms with van der Waals surface area (Å²) in [5.74, 6) is -0.512. The van der Waals surface area contributed by atoms with Gasteiger partial charge in [0.1, 0.15) is 5.65 Å². The van der Waals surface area contributed by atoms with E-state index in [-0.39, 0.29) is 5.43 Å². The second-order valence-electron chi connectivity index (χ2n) is 6.26. The van der Waals surface area contributed by atoms with Crippen LogP contribution in [-0.2, 0) is 0 Å². The number of H-pyrrole nitrogens is 1. The number of aromatic nitrogens is 2. The zero-order valence-electron chi connectivity index (χ0n) is 14.6. The molecule has 28 heavy (non-hydrogen) atoms. The Hall–Kier alpha value is -4.24. The van der Waals surface area contributed by atoms with Gasteiger partial charge < -0.3 is 10.7 Å². The number of nitrogens with zero attached hydrogens (tertiary/aromatic N) is 2. The lowest BCUT2D eigenvalue weighted by molar-refractivity contribution is 0.100. The molecular formula is C22H14N4O2. The Balaban J connectivity index is 2.01. The van der Waals surface area contributed by atoms with Crippen LogP contribution in [0.1, 0.15) is 15.9 Å². The van der Waals surface area contributed by atoms with Crippen LogP contribution in [0.4, 0.5) is 0 Å². The van der Waals surface area contributed by atoms with Crippen molar-refractivity contribution < 1.29 is 4.79 Å². The summed E-state index contributed by atoms with van der Waals surface area (Å²) in [4.78, 5) is 31.3. The molecule has 0 saturated carbocycles. The quantitative estimate of drug-likeness (QED) is 0.579. The molecule has 0 aliphatic carbocycles. The van der Waals surface area contributed by atoms with Gasteiger partial charge >= 0.3 is 0 Å². The number of carbonyl (C=O) groups excluding carboxylic acids is 1. The average Bonchev–Trinajstić information content (AvgIpc) is 2.73. The van der Waals surface area contributed by atoms with Gasteiger partial charge in [-0.25, -0.2) is 4.98 Å². The van der Waals surface area contributed by atoms with E-state index in [1.165, 1.54) is 6.07 Å². The molecule has 0 aliphatic rings. The van der Waals surface area contributed by atoms with E-state index in [4.69, 9.17) is 5.73 Å². The molecule has 2 heterocycles. The van der Waals surface area contributed by atoms with E-state index in [2.05, 4.69) is 16.0 Å². The van der Waals surface area contributed by atoms with Crippen molar-refractivity contribution in [1.29, 1.82) is 5.26 Å². The van der Waals surface area contributed by atoms with E-state index >= 15 is 0 Å². The fourth-order valence-electron chi connectivity index (χ4n) is 3.09. The Morgan fingerprint density at radius 2 is 1.82 bits per heavy atom. The topological polar surface area (TPSA) is 113 Å². The molecule has 0 atom stereocenters. The molecule has 3 N–H and O–H groups in total. The number of rotatable bonds is 3. The maximum Gasteiger partial charge on any atom is 0.248 e. The third-order valence-electron chi connectivity index (χ3n) is 4.49. The lowest BCUT2D eigenvalue weighted by Gasteiger charge is -2.12. The van der Waals surface area contributed by atoms with E-state index in [1.54, 1.807) is 54.7 Å². The summed E-state index contributed by atoms with van der Waals surface area (Å²) in [7, 11) is 0. The van der Waals surface area contributed by atoms with E-state index < -0.39 is 5.91 Å². The maximum absolute atomic E-state index is 12.3. The van der Waals surface area contributed by atoms with E-state index in [1.807, 2.05) is 6.07 Å². The zero-order valence-corrected chi connectivity index (χ0v) is 14.6. The highest BCUT2D eigenvalue weighted by Crippen LogP contribution is 2.32. The maximum atomic E-state index is 12.3. The predicted octanol–water partition coefficient (Wildman–Crippen LogP) is 3.23. The minimum absolute atomic E-state index is 0.145. The van der Waals surface area contributed by atoms with Crippen molar-refractivity contribution in [2.24, 2.45) is 5.73 Å². The monoisotopic (exact) mass is 366 g/mol. The smallest absolute Gasteiger partial charge is 0.248 e. The van der Waals surface area contributed by atoms with Gasteiger partial charge in [0.2, 0.25) is 5.91 Å². The molecule has 4 rings (SSSR count). The van der Waals surface area contributed by atoms with Gasteiger partial charge in [0.15, 0.2) is 5.43 Å². The molecule has 2 aromatic heterocycles. The number of nitrogens with one attached hydrogen (secondary N) is 1. The molecule has 0 unspecified atom stereocenters. The Morgan fingerprint density at radius 3 is 2.54 bits per heavy atom. The van der Waals surface area contributed by atoms with E-state index in [9.17, 15) is 14.9 Å². The summed E-state index contributed by atoms with van der Waals surface area (Å²) in [6.07, 6.45) is 1.55.